The number of methoxy groups -OCH3 is 1. The third-order valence-electron chi connectivity index (χ3n) is 3.74. The van der Waals surface area contributed by atoms with Crippen LogP contribution in [0.2, 0.25) is 0 Å². The molecule has 2 rings (SSSR count). The minimum atomic E-state index is -1.06. The summed E-state index contributed by atoms with van der Waals surface area (Å²) in [5, 5.41) is 10.9. The molecule has 2 nitrogen and oxygen atoms in total. The van der Waals surface area contributed by atoms with E-state index < -0.39 is 5.60 Å². The van der Waals surface area contributed by atoms with Crippen molar-refractivity contribution in [1.82, 2.24) is 0 Å². The Balaban J connectivity index is 2.61. The molecule has 0 aromatic heterocycles. The van der Waals surface area contributed by atoms with E-state index in [0.717, 1.165) is 28.0 Å². The molecule has 0 spiro atoms. The molecule has 0 aliphatic rings. The summed E-state index contributed by atoms with van der Waals surface area (Å²) in [4.78, 5) is 0. The van der Waals surface area contributed by atoms with Gasteiger partial charge in [-0.15, -0.1) is 0 Å². The van der Waals surface area contributed by atoms with Crippen LogP contribution in [0.25, 0.3) is 0 Å². The van der Waals surface area contributed by atoms with Gasteiger partial charge in [0, 0.05) is 5.56 Å². The van der Waals surface area contributed by atoms with E-state index in [1.807, 2.05) is 56.3 Å². The fourth-order valence-corrected chi connectivity index (χ4v) is 2.35. The molecule has 0 aliphatic carbocycles. The van der Waals surface area contributed by atoms with E-state index in [9.17, 15) is 5.11 Å². The van der Waals surface area contributed by atoms with Gasteiger partial charge in [0.15, 0.2) is 0 Å². The summed E-state index contributed by atoms with van der Waals surface area (Å²) in [5.41, 5.74) is 2.81. The Labute approximate surface area is 114 Å². The van der Waals surface area contributed by atoms with Gasteiger partial charge < -0.3 is 9.84 Å². The van der Waals surface area contributed by atoms with Crippen LogP contribution >= 0.6 is 0 Å². The largest absolute Gasteiger partial charge is 0.496 e. The zero-order valence-corrected chi connectivity index (χ0v) is 11.9. The van der Waals surface area contributed by atoms with Crippen LogP contribution < -0.4 is 4.74 Å². The van der Waals surface area contributed by atoms with Crippen LogP contribution in [-0.2, 0) is 5.60 Å². The van der Waals surface area contributed by atoms with E-state index in [-0.39, 0.29) is 0 Å². The number of rotatable bonds is 3. The van der Waals surface area contributed by atoms with Crippen molar-refractivity contribution in [2.24, 2.45) is 0 Å². The molecule has 0 fully saturated rings. The fraction of sp³-hybridized carbons (Fsp3) is 0.294. The summed E-state index contributed by atoms with van der Waals surface area (Å²) in [6.07, 6.45) is 0. The Hall–Kier alpha value is -1.80. The van der Waals surface area contributed by atoms with Crippen LogP contribution in [0.1, 0.15) is 29.2 Å². The molecule has 1 N–H and O–H groups in total. The molecule has 0 bridgehead atoms. The predicted molar refractivity (Wildman–Crippen MR) is 77.6 cm³/mol. The van der Waals surface area contributed by atoms with Crippen LogP contribution in [0, 0.1) is 13.8 Å². The number of hydrogen-bond acceptors (Lipinski definition) is 2. The van der Waals surface area contributed by atoms with Gasteiger partial charge in [-0.1, -0.05) is 42.5 Å². The zero-order chi connectivity index (χ0) is 14.0. The molecule has 1 unspecified atom stereocenters. The number of hydrogen-bond donors (Lipinski definition) is 1. The molecule has 2 aromatic rings. The van der Waals surface area contributed by atoms with Crippen molar-refractivity contribution in [3.63, 3.8) is 0 Å². The van der Waals surface area contributed by atoms with Gasteiger partial charge >= 0.3 is 0 Å². The summed E-state index contributed by atoms with van der Waals surface area (Å²) < 4.78 is 5.50. The van der Waals surface area contributed by atoms with E-state index in [4.69, 9.17) is 4.74 Å². The van der Waals surface area contributed by atoms with Gasteiger partial charge in [0.05, 0.1) is 7.11 Å². The highest BCUT2D eigenvalue weighted by Gasteiger charge is 2.29. The smallest absolute Gasteiger partial charge is 0.128 e. The third kappa shape index (κ3) is 2.36. The number of aliphatic hydroxyl groups is 1. The van der Waals surface area contributed by atoms with E-state index in [0.29, 0.717) is 0 Å². The van der Waals surface area contributed by atoms with Crippen LogP contribution in [0.3, 0.4) is 0 Å². The summed E-state index contributed by atoms with van der Waals surface area (Å²) in [7, 11) is 1.65. The van der Waals surface area contributed by atoms with Gasteiger partial charge in [-0.05, 0) is 37.5 Å². The summed E-state index contributed by atoms with van der Waals surface area (Å²) >= 11 is 0. The molecule has 0 saturated heterocycles. The molecule has 2 heteroatoms. The van der Waals surface area contributed by atoms with Gasteiger partial charge in [0.1, 0.15) is 11.4 Å². The van der Waals surface area contributed by atoms with Crippen molar-refractivity contribution < 1.29 is 9.84 Å². The lowest BCUT2D eigenvalue weighted by Crippen LogP contribution is -2.24. The molecule has 1 atom stereocenters. The first-order chi connectivity index (χ1) is 8.98. The van der Waals surface area contributed by atoms with Crippen molar-refractivity contribution in [2.45, 2.75) is 26.4 Å². The minimum Gasteiger partial charge on any atom is -0.496 e. The molecule has 0 radical (unpaired) electrons. The van der Waals surface area contributed by atoms with Crippen molar-refractivity contribution in [3.05, 3.63) is 64.7 Å². The van der Waals surface area contributed by atoms with Crippen LogP contribution in [-0.4, -0.2) is 12.2 Å². The molecule has 0 amide bonds. The molecule has 0 heterocycles. The first-order valence-corrected chi connectivity index (χ1v) is 6.41. The number of benzene rings is 2. The predicted octanol–water partition coefficient (Wildman–Crippen LogP) is 3.57. The molecule has 100 valence electrons. The van der Waals surface area contributed by atoms with Gasteiger partial charge in [0.2, 0.25) is 0 Å². The molecule has 0 aliphatic heterocycles. The quantitative estimate of drug-likeness (QED) is 0.909. The van der Waals surface area contributed by atoms with Crippen molar-refractivity contribution >= 4 is 0 Å². The third-order valence-corrected chi connectivity index (χ3v) is 3.74. The fourth-order valence-electron chi connectivity index (χ4n) is 2.35. The average molecular weight is 256 g/mol. The summed E-state index contributed by atoms with van der Waals surface area (Å²) in [6, 6.07) is 13.6. The summed E-state index contributed by atoms with van der Waals surface area (Å²) in [5.74, 6) is 0.758. The standard InChI is InChI=1S/C17H20O2/c1-12-10-11-15(16(19-4)13(12)2)17(3,18)14-8-6-5-7-9-14/h5-11,18H,1-4H3. The Morgan fingerprint density at radius 1 is 1.00 bits per heavy atom. The Morgan fingerprint density at radius 2 is 1.63 bits per heavy atom. The number of aryl methyl sites for hydroxylation is 1. The minimum absolute atomic E-state index is 0.758. The average Bonchev–Trinajstić information content (AvgIpc) is 2.42. The SMILES string of the molecule is COc1c(C(C)(O)c2ccccc2)ccc(C)c1C. The number of ether oxygens (including phenoxy) is 1. The lowest BCUT2D eigenvalue weighted by molar-refractivity contribution is 0.0988. The monoisotopic (exact) mass is 256 g/mol. The maximum atomic E-state index is 10.9. The van der Waals surface area contributed by atoms with Gasteiger partial charge in [0.25, 0.3) is 0 Å². The van der Waals surface area contributed by atoms with E-state index in [1.165, 1.54) is 0 Å². The van der Waals surface area contributed by atoms with Crippen molar-refractivity contribution in [3.8, 4) is 5.75 Å². The molecule has 2 aromatic carbocycles. The molecule has 0 saturated carbocycles. The van der Waals surface area contributed by atoms with Gasteiger partial charge in [-0.25, -0.2) is 0 Å². The lowest BCUT2D eigenvalue weighted by atomic mass is 9.86. The van der Waals surface area contributed by atoms with Crippen LogP contribution in [0.4, 0.5) is 0 Å². The second kappa shape index (κ2) is 5.06. The molecular weight excluding hydrogens is 236 g/mol. The first-order valence-electron chi connectivity index (χ1n) is 6.41. The highest BCUT2D eigenvalue weighted by atomic mass is 16.5. The Kier molecular flexibility index (Phi) is 3.63. The lowest BCUT2D eigenvalue weighted by Gasteiger charge is -2.27. The molecular formula is C17H20O2. The van der Waals surface area contributed by atoms with Gasteiger partial charge in [-0.3, -0.25) is 0 Å². The topological polar surface area (TPSA) is 29.5 Å². The van der Waals surface area contributed by atoms with E-state index >= 15 is 0 Å². The van der Waals surface area contributed by atoms with Gasteiger partial charge in [-0.2, -0.15) is 0 Å². The highest BCUT2D eigenvalue weighted by molar-refractivity contribution is 5.51. The highest BCUT2D eigenvalue weighted by Crippen LogP contribution is 2.38. The maximum absolute atomic E-state index is 10.9. The Morgan fingerprint density at radius 3 is 2.21 bits per heavy atom. The Bertz CT molecular complexity index is 571. The maximum Gasteiger partial charge on any atom is 0.128 e. The van der Waals surface area contributed by atoms with Crippen LogP contribution in [0.5, 0.6) is 5.75 Å². The summed E-state index contributed by atoms with van der Waals surface area (Å²) in [6.45, 7) is 5.85. The van der Waals surface area contributed by atoms with Crippen molar-refractivity contribution in [1.29, 1.82) is 0 Å². The van der Waals surface area contributed by atoms with E-state index in [2.05, 4.69) is 0 Å². The second-order valence-electron chi connectivity index (χ2n) is 5.03. The van der Waals surface area contributed by atoms with E-state index in [1.54, 1.807) is 14.0 Å². The van der Waals surface area contributed by atoms with Crippen molar-refractivity contribution in [2.75, 3.05) is 7.11 Å². The second-order valence-corrected chi connectivity index (χ2v) is 5.03. The zero-order valence-electron chi connectivity index (χ0n) is 11.9. The first kappa shape index (κ1) is 13.6. The van der Waals surface area contributed by atoms with Crippen LogP contribution in [0.15, 0.2) is 42.5 Å². The normalized spacial score (nSPS) is 13.9. The molecule has 19 heavy (non-hydrogen) atoms.